The zero-order chi connectivity index (χ0) is 13.0. The first kappa shape index (κ1) is 13.1. The van der Waals surface area contributed by atoms with Gasteiger partial charge in [-0.15, -0.1) is 0 Å². The molecular formula is C14H21N3O. The van der Waals surface area contributed by atoms with Gasteiger partial charge in [0.1, 0.15) is 0 Å². The van der Waals surface area contributed by atoms with Crippen LogP contribution in [-0.4, -0.2) is 36.5 Å². The van der Waals surface area contributed by atoms with Crippen molar-refractivity contribution in [1.82, 2.24) is 4.90 Å². The summed E-state index contributed by atoms with van der Waals surface area (Å²) in [6.07, 6.45) is 1.99. The Morgan fingerprint density at radius 1 is 1.39 bits per heavy atom. The van der Waals surface area contributed by atoms with Crippen molar-refractivity contribution in [1.29, 1.82) is 0 Å². The first-order valence-electron chi connectivity index (χ1n) is 6.51. The molecule has 0 unspecified atom stereocenters. The number of likely N-dealkylation sites (tertiary alicyclic amines) is 1. The van der Waals surface area contributed by atoms with Gasteiger partial charge in [0, 0.05) is 25.7 Å². The molecule has 1 saturated heterocycles. The smallest absolute Gasteiger partial charge is 0.231 e. The molecule has 1 aromatic rings. The van der Waals surface area contributed by atoms with Crippen molar-refractivity contribution in [2.45, 2.75) is 24.8 Å². The van der Waals surface area contributed by atoms with E-state index in [0.717, 1.165) is 24.9 Å². The molecule has 1 heterocycles. The van der Waals surface area contributed by atoms with Gasteiger partial charge < -0.3 is 16.4 Å². The number of nitrogens with zero attached hydrogens (tertiary/aromatic N) is 1. The van der Waals surface area contributed by atoms with Crippen LogP contribution < -0.4 is 11.5 Å². The zero-order valence-electron chi connectivity index (χ0n) is 10.6. The summed E-state index contributed by atoms with van der Waals surface area (Å²) in [5.74, 6) is -0.129. The topological polar surface area (TPSA) is 72.4 Å². The molecule has 0 aliphatic carbocycles. The molecule has 0 saturated carbocycles. The van der Waals surface area contributed by atoms with Crippen LogP contribution in [-0.2, 0) is 4.79 Å². The Bertz CT molecular complexity index is 393. The van der Waals surface area contributed by atoms with Crippen LogP contribution in [0, 0.1) is 0 Å². The van der Waals surface area contributed by atoms with E-state index < -0.39 is 0 Å². The van der Waals surface area contributed by atoms with Crippen LogP contribution in [0.4, 0.5) is 0 Å². The van der Waals surface area contributed by atoms with Crippen molar-refractivity contribution in [2.24, 2.45) is 11.5 Å². The highest BCUT2D eigenvalue weighted by atomic mass is 16.2. The Labute approximate surface area is 108 Å². The monoisotopic (exact) mass is 247 g/mol. The second kappa shape index (κ2) is 5.98. The summed E-state index contributed by atoms with van der Waals surface area (Å²) in [4.78, 5) is 14.3. The Balaban J connectivity index is 2.10. The molecular weight excluding hydrogens is 226 g/mol. The minimum absolute atomic E-state index is 0.108. The Morgan fingerprint density at radius 2 is 2.11 bits per heavy atom. The van der Waals surface area contributed by atoms with Crippen molar-refractivity contribution in [3.63, 3.8) is 0 Å². The van der Waals surface area contributed by atoms with E-state index in [-0.39, 0.29) is 17.9 Å². The first-order chi connectivity index (χ1) is 8.72. The third kappa shape index (κ3) is 2.89. The van der Waals surface area contributed by atoms with Gasteiger partial charge in [0.2, 0.25) is 5.91 Å². The molecule has 1 aliphatic heterocycles. The zero-order valence-corrected chi connectivity index (χ0v) is 10.6. The molecule has 1 aliphatic rings. The number of amides is 1. The van der Waals surface area contributed by atoms with Crippen LogP contribution in [0.5, 0.6) is 0 Å². The molecule has 0 radical (unpaired) electrons. The van der Waals surface area contributed by atoms with Gasteiger partial charge in [-0.3, -0.25) is 4.79 Å². The molecule has 4 nitrogen and oxygen atoms in total. The summed E-state index contributed by atoms with van der Waals surface area (Å²) >= 11 is 0. The molecule has 0 aromatic heterocycles. The van der Waals surface area contributed by atoms with Crippen molar-refractivity contribution in [2.75, 3.05) is 19.6 Å². The molecule has 4 N–H and O–H groups in total. The number of carbonyl (C=O) groups excluding carboxylic acids is 1. The van der Waals surface area contributed by atoms with Gasteiger partial charge in [0.25, 0.3) is 0 Å². The lowest BCUT2D eigenvalue weighted by Gasteiger charge is -2.33. The fourth-order valence-corrected chi connectivity index (χ4v) is 2.50. The van der Waals surface area contributed by atoms with Crippen molar-refractivity contribution >= 4 is 5.91 Å². The van der Waals surface area contributed by atoms with Crippen LogP contribution >= 0.6 is 0 Å². The molecule has 0 bridgehead atoms. The first-order valence-corrected chi connectivity index (χ1v) is 6.51. The molecule has 18 heavy (non-hydrogen) atoms. The Kier molecular flexibility index (Phi) is 4.33. The molecule has 1 fully saturated rings. The molecule has 1 aromatic carbocycles. The highest BCUT2D eigenvalue weighted by molar-refractivity contribution is 5.84. The number of benzene rings is 1. The standard InChI is InChI=1S/C14H21N3O/c15-9-13(11-5-2-1-3-6-11)14(18)17-8-4-7-12(16)10-17/h1-3,5-6,12-13H,4,7-10,15-16H2/t12-,13+/m0/s1. The van der Waals surface area contributed by atoms with Crippen molar-refractivity contribution in [3.8, 4) is 0 Å². The summed E-state index contributed by atoms with van der Waals surface area (Å²) in [5, 5.41) is 0. The Hall–Kier alpha value is -1.39. The Morgan fingerprint density at radius 3 is 2.72 bits per heavy atom. The third-order valence-electron chi connectivity index (χ3n) is 3.51. The summed E-state index contributed by atoms with van der Waals surface area (Å²) in [7, 11) is 0. The van der Waals surface area contributed by atoms with E-state index in [4.69, 9.17) is 11.5 Å². The van der Waals surface area contributed by atoms with Crippen molar-refractivity contribution < 1.29 is 4.79 Å². The molecule has 2 atom stereocenters. The number of hydrogen-bond acceptors (Lipinski definition) is 3. The summed E-state index contributed by atoms with van der Waals surface area (Å²) in [6, 6.07) is 9.84. The van der Waals surface area contributed by atoms with Gasteiger partial charge in [0.05, 0.1) is 5.92 Å². The average Bonchev–Trinajstić information content (AvgIpc) is 2.41. The SMILES string of the molecule is NC[C@@H](C(=O)N1CCC[C@H](N)C1)c1ccccc1. The van der Waals surface area contributed by atoms with Gasteiger partial charge in [-0.2, -0.15) is 0 Å². The van der Waals surface area contributed by atoms with E-state index in [2.05, 4.69) is 0 Å². The molecule has 98 valence electrons. The summed E-state index contributed by atoms with van der Waals surface area (Å²) in [6.45, 7) is 1.80. The quantitative estimate of drug-likeness (QED) is 0.825. The van der Waals surface area contributed by atoms with E-state index in [1.807, 2.05) is 35.2 Å². The van der Waals surface area contributed by atoms with E-state index in [1.165, 1.54) is 0 Å². The molecule has 4 heteroatoms. The number of carbonyl (C=O) groups is 1. The minimum Gasteiger partial charge on any atom is -0.341 e. The van der Waals surface area contributed by atoms with Gasteiger partial charge in [-0.05, 0) is 18.4 Å². The fraction of sp³-hybridized carbons (Fsp3) is 0.500. The largest absolute Gasteiger partial charge is 0.341 e. The van der Waals surface area contributed by atoms with Crippen LogP contribution in [0.1, 0.15) is 24.3 Å². The summed E-state index contributed by atoms with van der Waals surface area (Å²) < 4.78 is 0. The second-order valence-corrected chi connectivity index (χ2v) is 4.89. The average molecular weight is 247 g/mol. The van der Waals surface area contributed by atoms with Crippen LogP contribution in [0.15, 0.2) is 30.3 Å². The number of rotatable bonds is 3. The molecule has 0 spiro atoms. The van der Waals surface area contributed by atoms with Crippen LogP contribution in [0.25, 0.3) is 0 Å². The number of nitrogens with two attached hydrogens (primary N) is 2. The lowest BCUT2D eigenvalue weighted by atomic mass is 9.96. The highest BCUT2D eigenvalue weighted by Crippen LogP contribution is 2.19. The lowest BCUT2D eigenvalue weighted by molar-refractivity contribution is -0.133. The van der Waals surface area contributed by atoms with Gasteiger partial charge >= 0.3 is 0 Å². The van der Waals surface area contributed by atoms with Crippen LogP contribution in [0.3, 0.4) is 0 Å². The van der Waals surface area contributed by atoms with Crippen LogP contribution in [0.2, 0.25) is 0 Å². The predicted molar refractivity (Wildman–Crippen MR) is 72.0 cm³/mol. The predicted octanol–water partition coefficient (Wildman–Crippen LogP) is 0.679. The van der Waals surface area contributed by atoms with E-state index in [1.54, 1.807) is 0 Å². The fourth-order valence-electron chi connectivity index (χ4n) is 2.50. The summed E-state index contributed by atoms with van der Waals surface area (Å²) in [5.41, 5.74) is 12.7. The maximum Gasteiger partial charge on any atom is 0.231 e. The lowest BCUT2D eigenvalue weighted by Crippen LogP contribution is -2.48. The highest BCUT2D eigenvalue weighted by Gasteiger charge is 2.27. The normalized spacial score (nSPS) is 21.7. The number of hydrogen-bond donors (Lipinski definition) is 2. The second-order valence-electron chi connectivity index (χ2n) is 4.89. The number of piperidine rings is 1. The molecule has 2 rings (SSSR count). The molecule has 1 amide bonds. The maximum absolute atomic E-state index is 12.5. The third-order valence-corrected chi connectivity index (χ3v) is 3.51. The van der Waals surface area contributed by atoms with E-state index in [9.17, 15) is 4.79 Å². The minimum atomic E-state index is -0.239. The van der Waals surface area contributed by atoms with Gasteiger partial charge in [-0.1, -0.05) is 30.3 Å². The van der Waals surface area contributed by atoms with E-state index in [0.29, 0.717) is 13.1 Å². The van der Waals surface area contributed by atoms with Gasteiger partial charge in [-0.25, -0.2) is 0 Å². The maximum atomic E-state index is 12.5. The van der Waals surface area contributed by atoms with E-state index >= 15 is 0 Å². The van der Waals surface area contributed by atoms with Crippen molar-refractivity contribution in [3.05, 3.63) is 35.9 Å². The van der Waals surface area contributed by atoms with Gasteiger partial charge in [0.15, 0.2) is 0 Å².